The molecule has 0 bridgehead atoms. The van der Waals surface area contributed by atoms with Crippen LogP contribution in [0, 0.1) is 0 Å². The summed E-state index contributed by atoms with van der Waals surface area (Å²) >= 11 is 0. The van der Waals surface area contributed by atoms with Crippen molar-refractivity contribution < 1.29 is 0 Å². The van der Waals surface area contributed by atoms with E-state index in [-0.39, 0.29) is 5.56 Å². The average Bonchev–Trinajstić information content (AvgIpc) is 2.62. The minimum atomic E-state index is -0.0920. The summed E-state index contributed by atoms with van der Waals surface area (Å²) in [6, 6.07) is 7.70. The highest BCUT2D eigenvalue weighted by atomic mass is 16.1. The molecule has 76 valence electrons. The average molecular weight is 200 g/mol. The number of benzene rings is 1. The van der Waals surface area contributed by atoms with Gasteiger partial charge in [-0.05, 0) is 18.6 Å². The number of aryl methyl sites for hydroxylation is 1. The van der Waals surface area contributed by atoms with Crippen LogP contribution in [-0.2, 0) is 6.54 Å². The lowest BCUT2D eigenvalue weighted by atomic mass is 10.1. The molecular weight excluding hydrogens is 188 g/mol. The van der Waals surface area contributed by atoms with E-state index in [4.69, 9.17) is 0 Å². The van der Waals surface area contributed by atoms with Crippen molar-refractivity contribution in [1.82, 2.24) is 9.55 Å². The minimum absolute atomic E-state index is 0.0920. The van der Waals surface area contributed by atoms with Crippen LogP contribution in [0.25, 0.3) is 10.9 Å². The highest BCUT2D eigenvalue weighted by Crippen LogP contribution is 2.27. The van der Waals surface area contributed by atoms with Gasteiger partial charge in [-0.1, -0.05) is 19.1 Å². The molecule has 0 aliphatic carbocycles. The normalized spacial score (nSPS) is 19.4. The first-order valence-electron chi connectivity index (χ1n) is 5.27. The monoisotopic (exact) mass is 200 g/mol. The third-order valence-corrected chi connectivity index (χ3v) is 3.14. The van der Waals surface area contributed by atoms with Crippen molar-refractivity contribution in [3.63, 3.8) is 0 Å². The van der Waals surface area contributed by atoms with E-state index in [2.05, 4.69) is 16.5 Å². The molecule has 0 saturated heterocycles. The zero-order valence-electron chi connectivity index (χ0n) is 8.60. The van der Waals surface area contributed by atoms with Crippen LogP contribution in [0.1, 0.15) is 25.1 Å². The quantitative estimate of drug-likeness (QED) is 0.651. The SMILES string of the molecule is CC1CCn2c1nc(=O)c1ccccc12. The maximum absolute atomic E-state index is 11.8. The minimum Gasteiger partial charge on any atom is -0.329 e. The smallest absolute Gasteiger partial charge is 0.280 e. The zero-order valence-corrected chi connectivity index (χ0v) is 8.60. The van der Waals surface area contributed by atoms with Crippen LogP contribution in [0.4, 0.5) is 0 Å². The molecule has 0 spiro atoms. The van der Waals surface area contributed by atoms with E-state index in [0.717, 1.165) is 29.7 Å². The van der Waals surface area contributed by atoms with Gasteiger partial charge >= 0.3 is 0 Å². The van der Waals surface area contributed by atoms with Crippen LogP contribution in [0.15, 0.2) is 29.1 Å². The van der Waals surface area contributed by atoms with Crippen molar-refractivity contribution in [1.29, 1.82) is 0 Å². The van der Waals surface area contributed by atoms with Crippen LogP contribution in [-0.4, -0.2) is 9.55 Å². The van der Waals surface area contributed by atoms with Gasteiger partial charge in [0.2, 0.25) is 0 Å². The van der Waals surface area contributed by atoms with E-state index in [0.29, 0.717) is 5.92 Å². The molecule has 0 N–H and O–H groups in total. The molecule has 3 rings (SSSR count). The van der Waals surface area contributed by atoms with Gasteiger partial charge in [0, 0.05) is 12.5 Å². The standard InChI is InChI=1S/C12H12N2O/c1-8-6-7-14-10-5-3-2-4-9(10)12(15)13-11(8)14/h2-5,8H,6-7H2,1H3. The molecule has 1 aromatic heterocycles. The summed E-state index contributed by atoms with van der Waals surface area (Å²) < 4.78 is 2.17. The Hall–Kier alpha value is -1.64. The van der Waals surface area contributed by atoms with Crippen molar-refractivity contribution in [2.75, 3.05) is 0 Å². The molecule has 0 saturated carbocycles. The molecule has 0 amide bonds. The highest BCUT2D eigenvalue weighted by Gasteiger charge is 2.21. The molecule has 2 aromatic rings. The molecule has 1 aliphatic rings. The van der Waals surface area contributed by atoms with Crippen molar-refractivity contribution in [2.24, 2.45) is 0 Å². The number of hydrogen-bond acceptors (Lipinski definition) is 2. The van der Waals surface area contributed by atoms with Gasteiger partial charge in [0.25, 0.3) is 5.56 Å². The van der Waals surface area contributed by atoms with Gasteiger partial charge in [-0.3, -0.25) is 4.79 Å². The van der Waals surface area contributed by atoms with Gasteiger partial charge in [0.15, 0.2) is 0 Å². The second kappa shape index (κ2) is 2.92. The van der Waals surface area contributed by atoms with E-state index in [1.54, 1.807) is 0 Å². The first-order chi connectivity index (χ1) is 7.27. The summed E-state index contributed by atoms with van der Waals surface area (Å²) in [5.41, 5.74) is 0.933. The van der Waals surface area contributed by atoms with Gasteiger partial charge in [-0.2, -0.15) is 4.98 Å². The fourth-order valence-corrected chi connectivity index (χ4v) is 2.30. The summed E-state index contributed by atoms with van der Waals surface area (Å²) in [5.74, 6) is 1.35. The molecule has 0 fully saturated rings. The van der Waals surface area contributed by atoms with Crippen LogP contribution < -0.4 is 5.56 Å². The number of para-hydroxylation sites is 1. The van der Waals surface area contributed by atoms with E-state index in [1.165, 1.54) is 0 Å². The van der Waals surface area contributed by atoms with E-state index >= 15 is 0 Å². The molecule has 2 heterocycles. The Morgan fingerprint density at radius 3 is 3.07 bits per heavy atom. The molecule has 1 aliphatic heterocycles. The van der Waals surface area contributed by atoms with Crippen LogP contribution in [0.5, 0.6) is 0 Å². The molecular formula is C12H12N2O. The van der Waals surface area contributed by atoms with E-state index in [9.17, 15) is 4.79 Å². The molecule has 1 atom stereocenters. The van der Waals surface area contributed by atoms with Crippen molar-refractivity contribution in [3.8, 4) is 0 Å². The lowest BCUT2D eigenvalue weighted by Gasteiger charge is -2.08. The number of nitrogens with zero attached hydrogens (tertiary/aromatic N) is 2. The van der Waals surface area contributed by atoms with Crippen LogP contribution in [0.2, 0.25) is 0 Å². The first-order valence-corrected chi connectivity index (χ1v) is 5.27. The molecule has 3 nitrogen and oxygen atoms in total. The highest BCUT2D eigenvalue weighted by molar-refractivity contribution is 5.78. The number of rotatable bonds is 0. The Morgan fingerprint density at radius 2 is 2.20 bits per heavy atom. The van der Waals surface area contributed by atoms with E-state index in [1.807, 2.05) is 24.3 Å². The zero-order chi connectivity index (χ0) is 10.4. The fraction of sp³-hybridized carbons (Fsp3) is 0.333. The Bertz CT molecular complexity index is 586. The van der Waals surface area contributed by atoms with Crippen LogP contribution >= 0.6 is 0 Å². The van der Waals surface area contributed by atoms with Crippen molar-refractivity contribution in [2.45, 2.75) is 25.8 Å². The maximum Gasteiger partial charge on any atom is 0.280 e. The molecule has 1 unspecified atom stereocenters. The lowest BCUT2D eigenvalue weighted by molar-refractivity contribution is 0.712. The lowest BCUT2D eigenvalue weighted by Crippen LogP contribution is -2.15. The van der Waals surface area contributed by atoms with Gasteiger partial charge in [0.1, 0.15) is 5.82 Å². The summed E-state index contributed by atoms with van der Waals surface area (Å²) in [5, 5.41) is 0.732. The Kier molecular flexibility index (Phi) is 1.69. The largest absolute Gasteiger partial charge is 0.329 e. The third-order valence-electron chi connectivity index (χ3n) is 3.14. The number of fused-ring (bicyclic) bond motifs is 3. The predicted octanol–water partition coefficient (Wildman–Crippen LogP) is 1.90. The van der Waals surface area contributed by atoms with Gasteiger partial charge in [-0.25, -0.2) is 0 Å². The van der Waals surface area contributed by atoms with Crippen molar-refractivity contribution in [3.05, 3.63) is 40.4 Å². The number of aromatic nitrogens is 2. The summed E-state index contributed by atoms with van der Waals surface area (Å²) in [6.07, 6.45) is 1.08. The molecule has 0 radical (unpaired) electrons. The topological polar surface area (TPSA) is 34.9 Å². The number of hydrogen-bond donors (Lipinski definition) is 0. The Labute approximate surface area is 87.4 Å². The summed E-state index contributed by atoms with van der Waals surface area (Å²) in [7, 11) is 0. The molecule has 3 heteroatoms. The van der Waals surface area contributed by atoms with Gasteiger partial charge in [-0.15, -0.1) is 0 Å². The van der Waals surface area contributed by atoms with Gasteiger partial charge < -0.3 is 4.57 Å². The Morgan fingerprint density at radius 1 is 1.40 bits per heavy atom. The third kappa shape index (κ3) is 1.12. The van der Waals surface area contributed by atoms with Gasteiger partial charge in [0.05, 0.1) is 10.9 Å². The Balaban J connectivity index is 2.49. The van der Waals surface area contributed by atoms with Crippen molar-refractivity contribution >= 4 is 10.9 Å². The first kappa shape index (κ1) is 8.65. The maximum atomic E-state index is 11.8. The van der Waals surface area contributed by atoms with Crippen LogP contribution in [0.3, 0.4) is 0 Å². The summed E-state index contributed by atoms with van der Waals surface area (Å²) in [6.45, 7) is 3.10. The summed E-state index contributed by atoms with van der Waals surface area (Å²) in [4.78, 5) is 15.9. The second-order valence-electron chi connectivity index (χ2n) is 4.13. The second-order valence-corrected chi connectivity index (χ2v) is 4.13. The fourth-order valence-electron chi connectivity index (χ4n) is 2.30. The van der Waals surface area contributed by atoms with E-state index < -0.39 is 0 Å². The predicted molar refractivity (Wildman–Crippen MR) is 59.0 cm³/mol. The molecule has 15 heavy (non-hydrogen) atoms. The molecule has 1 aromatic carbocycles.